The lowest BCUT2D eigenvalue weighted by Crippen LogP contribution is -2.26. The van der Waals surface area contributed by atoms with Gasteiger partial charge in [-0.3, -0.25) is 0 Å². The summed E-state index contributed by atoms with van der Waals surface area (Å²) < 4.78 is 23.8. The van der Waals surface area contributed by atoms with E-state index in [1.807, 2.05) is 19.1 Å². The van der Waals surface area contributed by atoms with Gasteiger partial charge in [-0.1, -0.05) is 6.92 Å². The predicted octanol–water partition coefficient (Wildman–Crippen LogP) is 2.38. The average molecular weight is 296 g/mol. The first-order valence-corrected chi connectivity index (χ1v) is 8.95. The van der Waals surface area contributed by atoms with Gasteiger partial charge in [0, 0.05) is 24.8 Å². The van der Waals surface area contributed by atoms with Crippen molar-refractivity contribution < 1.29 is 8.42 Å². The fourth-order valence-corrected chi connectivity index (χ4v) is 3.57. The molecule has 0 amide bonds. The standard InChI is InChI=1S/C15H24N2O2S/c1-3-12-20(18,19)15-8-4-13(5-9-15)16-10-11-17(2)14-6-7-14/h4-5,8-9,14,16H,3,6-7,10-12H2,1-2H3. The highest BCUT2D eigenvalue weighted by Crippen LogP contribution is 2.24. The van der Waals surface area contributed by atoms with E-state index >= 15 is 0 Å². The lowest BCUT2D eigenvalue weighted by molar-refractivity contribution is 0.337. The summed E-state index contributed by atoms with van der Waals surface area (Å²) in [6.45, 7) is 3.78. The quantitative estimate of drug-likeness (QED) is 0.800. The first-order chi connectivity index (χ1) is 9.53. The minimum Gasteiger partial charge on any atom is -0.384 e. The third kappa shape index (κ3) is 4.21. The zero-order chi connectivity index (χ0) is 14.6. The number of hydrogen-bond acceptors (Lipinski definition) is 4. The minimum atomic E-state index is -3.10. The molecule has 1 saturated carbocycles. The van der Waals surface area contributed by atoms with Crippen LogP contribution in [0.5, 0.6) is 0 Å². The Balaban J connectivity index is 1.84. The van der Waals surface area contributed by atoms with Crippen molar-refractivity contribution in [2.24, 2.45) is 0 Å². The maximum Gasteiger partial charge on any atom is 0.178 e. The summed E-state index contributed by atoms with van der Waals surface area (Å²) in [5.74, 6) is 0.214. The molecule has 112 valence electrons. The molecule has 0 bridgehead atoms. The number of likely N-dealkylation sites (N-methyl/N-ethyl adjacent to an activating group) is 1. The molecule has 2 rings (SSSR count). The Morgan fingerprint density at radius 1 is 1.25 bits per heavy atom. The van der Waals surface area contributed by atoms with Crippen LogP contribution in [-0.2, 0) is 9.84 Å². The molecule has 1 N–H and O–H groups in total. The maximum atomic E-state index is 11.9. The molecule has 20 heavy (non-hydrogen) atoms. The highest BCUT2D eigenvalue weighted by atomic mass is 32.2. The van der Waals surface area contributed by atoms with Gasteiger partial charge in [-0.2, -0.15) is 0 Å². The molecule has 0 aliphatic heterocycles. The lowest BCUT2D eigenvalue weighted by Gasteiger charge is -2.16. The van der Waals surface area contributed by atoms with Crippen LogP contribution in [0.4, 0.5) is 5.69 Å². The smallest absolute Gasteiger partial charge is 0.178 e. The van der Waals surface area contributed by atoms with Crippen LogP contribution in [-0.4, -0.2) is 45.2 Å². The Hall–Kier alpha value is -1.07. The molecule has 1 aliphatic carbocycles. The van der Waals surface area contributed by atoms with E-state index < -0.39 is 9.84 Å². The highest BCUT2D eigenvalue weighted by Gasteiger charge is 2.25. The molecule has 4 nitrogen and oxygen atoms in total. The average Bonchev–Trinajstić information content (AvgIpc) is 3.23. The fourth-order valence-electron chi connectivity index (χ4n) is 2.24. The Morgan fingerprint density at radius 3 is 2.45 bits per heavy atom. The number of benzene rings is 1. The molecule has 0 heterocycles. The van der Waals surface area contributed by atoms with Crippen molar-refractivity contribution in [2.75, 3.05) is 31.2 Å². The number of rotatable bonds is 8. The van der Waals surface area contributed by atoms with Crippen LogP contribution in [0, 0.1) is 0 Å². The topological polar surface area (TPSA) is 49.4 Å². The van der Waals surface area contributed by atoms with Gasteiger partial charge in [0.25, 0.3) is 0 Å². The van der Waals surface area contributed by atoms with Gasteiger partial charge in [0.05, 0.1) is 10.6 Å². The molecule has 5 heteroatoms. The van der Waals surface area contributed by atoms with E-state index in [2.05, 4.69) is 17.3 Å². The van der Waals surface area contributed by atoms with Crippen LogP contribution in [0.3, 0.4) is 0 Å². The van der Waals surface area contributed by atoms with Crippen LogP contribution < -0.4 is 5.32 Å². The van der Waals surface area contributed by atoms with Crippen LogP contribution in [0.15, 0.2) is 29.2 Å². The molecule has 0 radical (unpaired) electrons. The molecule has 1 fully saturated rings. The molecule has 0 unspecified atom stereocenters. The second-order valence-corrected chi connectivity index (χ2v) is 7.59. The third-order valence-corrected chi connectivity index (χ3v) is 5.59. The van der Waals surface area contributed by atoms with Gasteiger partial charge in [-0.05, 0) is 50.6 Å². The van der Waals surface area contributed by atoms with Crippen LogP contribution in [0.25, 0.3) is 0 Å². The van der Waals surface area contributed by atoms with Gasteiger partial charge >= 0.3 is 0 Å². The highest BCUT2D eigenvalue weighted by molar-refractivity contribution is 7.91. The van der Waals surface area contributed by atoms with Crippen molar-refractivity contribution in [3.8, 4) is 0 Å². The summed E-state index contributed by atoms with van der Waals surface area (Å²) in [4.78, 5) is 2.78. The van der Waals surface area contributed by atoms with Crippen molar-refractivity contribution in [2.45, 2.75) is 37.1 Å². The summed E-state index contributed by atoms with van der Waals surface area (Å²) in [5.41, 5.74) is 0.977. The van der Waals surface area contributed by atoms with E-state index in [0.29, 0.717) is 11.3 Å². The number of nitrogens with zero attached hydrogens (tertiary/aromatic N) is 1. The minimum absolute atomic E-state index is 0.214. The molecular weight excluding hydrogens is 272 g/mol. The van der Waals surface area contributed by atoms with Gasteiger partial charge in [0.2, 0.25) is 0 Å². The van der Waals surface area contributed by atoms with E-state index in [1.165, 1.54) is 12.8 Å². The van der Waals surface area contributed by atoms with Crippen molar-refractivity contribution in [1.29, 1.82) is 0 Å². The Bertz CT molecular complexity index is 521. The Labute approximate surface area is 122 Å². The lowest BCUT2D eigenvalue weighted by atomic mass is 10.3. The van der Waals surface area contributed by atoms with Gasteiger partial charge < -0.3 is 10.2 Å². The summed E-state index contributed by atoms with van der Waals surface area (Å²) >= 11 is 0. The van der Waals surface area contributed by atoms with Crippen LogP contribution in [0.1, 0.15) is 26.2 Å². The first kappa shape index (κ1) is 15.3. The number of hydrogen-bond donors (Lipinski definition) is 1. The van der Waals surface area contributed by atoms with E-state index in [9.17, 15) is 8.42 Å². The summed E-state index contributed by atoms with van der Waals surface area (Å²) in [6, 6.07) is 7.85. The second kappa shape index (κ2) is 6.59. The Kier molecular flexibility index (Phi) is 5.05. The van der Waals surface area contributed by atoms with Crippen LogP contribution >= 0.6 is 0 Å². The molecule has 1 aromatic rings. The van der Waals surface area contributed by atoms with Crippen molar-refractivity contribution in [3.63, 3.8) is 0 Å². The molecular formula is C15H24N2O2S. The number of anilines is 1. The predicted molar refractivity (Wildman–Crippen MR) is 82.9 cm³/mol. The zero-order valence-corrected chi connectivity index (χ0v) is 13.1. The van der Waals surface area contributed by atoms with E-state index in [-0.39, 0.29) is 5.75 Å². The molecule has 0 spiro atoms. The third-order valence-electron chi connectivity index (χ3n) is 3.65. The van der Waals surface area contributed by atoms with Gasteiger partial charge in [0.1, 0.15) is 0 Å². The monoisotopic (exact) mass is 296 g/mol. The molecule has 1 aliphatic rings. The summed E-state index contributed by atoms with van der Waals surface area (Å²) in [6.07, 6.45) is 3.29. The summed E-state index contributed by atoms with van der Waals surface area (Å²) in [5, 5.41) is 3.33. The maximum absolute atomic E-state index is 11.9. The fraction of sp³-hybridized carbons (Fsp3) is 0.600. The summed E-state index contributed by atoms with van der Waals surface area (Å²) in [7, 11) is -0.947. The number of nitrogens with one attached hydrogen (secondary N) is 1. The largest absolute Gasteiger partial charge is 0.384 e. The van der Waals surface area contributed by atoms with Crippen molar-refractivity contribution in [1.82, 2.24) is 4.90 Å². The molecule has 0 atom stereocenters. The van der Waals surface area contributed by atoms with E-state index in [1.54, 1.807) is 12.1 Å². The first-order valence-electron chi connectivity index (χ1n) is 7.30. The van der Waals surface area contributed by atoms with Crippen molar-refractivity contribution in [3.05, 3.63) is 24.3 Å². The molecule has 0 saturated heterocycles. The normalized spacial score (nSPS) is 15.6. The zero-order valence-electron chi connectivity index (χ0n) is 12.3. The molecule has 1 aromatic carbocycles. The van der Waals surface area contributed by atoms with E-state index in [4.69, 9.17) is 0 Å². The van der Waals surface area contributed by atoms with Crippen molar-refractivity contribution >= 4 is 15.5 Å². The second-order valence-electron chi connectivity index (χ2n) is 5.48. The van der Waals surface area contributed by atoms with Gasteiger partial charge in [-0.15, -0.1) is 0 Å². The SMILES string of the molecule is CCCS(=O)(=O)c1ccc(NCCN(C)C2CC2)cc1. The van der Waals surface area contributed by atoms with Gasteiger partial charge in [0.15, 0.2) is 9.84 Å². The molecule has 0 aromatic heterocycles. The van der Waals surface area contributed by atoms with E-state index in [0.717, 1.165) is 24.8 Å². The van der Waals surface area contributed by atoms with Crippen LogP contribution in [0.2, 0.25) is 0 Å². The van der Waals surface area contributed by atoms with Gasteiger partial charge in [-0.25, -0.2) is 8.42 Å². The Morgan fingerprint density at radius 2 is 1.90 bits per heavy atom. The number of sulfone groups is 1.